The van der Waals surface area contributed by atoms with Crippen molar-refractivity contribution in [2.24, 2.45) is 17.6 Å². The first-order valence-electron chi connectivity index (χ1n) is 6.60. The van der Waals surface area contributed by atoms with E-state index in [1.165, 1.54) is 19.3 Å². The molecule has 2 fully saturated rings. The summed E-state index contributed by atoms with van der Waals surface area (Å²) in [6, 6.07) is 2.35. The first-order valence-corrected chi connectivity index (χ1v) is 6.60. The molecule has 0 radical (unpaired) electrons. The summed E-state index contributed by atoms with van der Waals surface area (Å²) in [5.41, 5.74) is 5.63. The molecule has 0 aromatic rings. The maximum atomic E-state index is 9.22. The van der Waals surface area contributed by atoms with Crippen molar-refractivity contribution in [2.45, 2.75) is 44.6 Å². The number of nitrogens with two attached hydrogens (primary N) is 1. The molecule has 1 unspecified atom stereocenters. The third-order valence-electron chi connectivity index (χ3n) is 4.28. The highest BCUT2D eigenvalue weighted by Gasteiger charge is 2.43. The van der Waals surface area contributed by atoms with E-state index in [2.05, 4.69) is 17.9 Å². The largest absolute Gasteiger partial charge is 0.312 e. The fourth-order valence-electron chi connectivity index (χ4n) is 2.78. The Kier molecular flexibility index (Phi) is 3.51. The maximum absolute atomic E-state index is 9.22. The molecule has 2 aliphatic rings. The van der Waals surface area contributed by atoms with Crippen LogP contribution in [0, 0.1) is 23.2 Å². The average Bonchev–Trinajstić information content (AvgIpc) is 3.14. The van der Waals surface area contributed by atoms with E-state index in [1.807, 2.05) is 0 Å². The molecule has 3 nitrogen and oxygen atoms in total. The Balaban J connectivity index is 1.84. The molecule has 2 N–H and O–H groups in total. The molecule has 0 aromatic heterocycles. The number of hydrogen-bond acceptors (Lipinski definition) is 3. The zero-order valence-corrected chi connectivity index (χ0v) is 10.3. The molecule has 90 valence electrons. The summed E-state index contributed by atoms with van der Waals surface area (Å²) in [6.45, 7) is 5.31. The fraction of sp³-hybridized carbons (Fsp3) is 0.923. The van der Waals surface area contributed by atoms with E-state index in [0.717, 1.165) is 38.4 Å². The first-order chi connectivity index (χ1) is 7.68. The number of rotatable bonds is 4. The molecule has 1 saturated carbocycles. The van der Waals surface area contributed by atoms with E-state index in [-0.39, 0.29) is 0 Å². The molecular formula is C13H23N3. The van der Waals surface area contributed by atoms with Gasteiger partial charge in [-0.1, -0.05) is 13.3 Å². The molecule has 1 aliphatic heterocycles. The number of hydrogen-bond donors (Lipinski definition) is 1. The third kappa shape index (κ3) is 2.56. The van der Waals surface area contributed by atoms with Gasteiger partial charge in [0, 0.05) is 6.54 Å². The summed E-state index contributed by atoms with van der Waals surface area (Å²) in [7, 11) is 0. The quantitative estimate of drug-likeness (QED) is 0.786. The van der Waals surface area contributed by atoms with Crippen LogP contribution in [0.3, 0.4) is 0 Å². The van der Waals surface area contributed by atoms with Crippen LogP contribution in [0.25, 0.3) is 0 Å². The Morgan fingerprint density at radius 2 is 1.94 bits per heavy atom. The fourth-order valence-corrected chi connectivity index (χ4v) is 2.78. The predicted molar refractivity (Wildman–Crippen MR) is 64.7 cm³/mol. The van der Waals surface area contributed by atoms with Crippen molar-refractivity contribution in [3.05, 3.63) is 0 Å². The lowest BCUT2D eigenvalue weighted by Crippen LogP contribution is -2.52. The highest BCUT2D eigenvalue weighted by molar-refractivity contribution is 5.14. The van der Waals surface area contributed by atoms with Gasteiger partial charge >= 0.3 is 0 Å². The molecule has 1 aliphatic carbocycles. The second-order valence-electron chi connectivity index (χ2n) is 5.55. The van der Waals surface area contributed by atoms with E-state index in [1.54, 1.807) is 0 Å². The van der Waals surface area contributed by atoms with Crippen molar-refractivity contribution >= 4 is 0 Å². The topological polar surface area (TPSA) is 53.0 Å². The van der Waals surface area contributed by atoms with Crippen LogP contribution in [0.2, 0.25) is 0 Å². The van der Waals surface area contributed by atoms with Crippen LogP contribution in [0.5, 0.6) is 0 Å². The van der Waals surface area contributed by atoms with Crippen molar-refractivity contribution in [1.29, 1.82) is 5.26 Å². The van der Waals surface area contributed by atoms with Gasteiger partial charge in [0.15, 0.2) is 0 Å². The second kappa shape index (κ2) is 4.73. The molecule has 0 aromatic carbocycles. The number of nitriles is 1. The normalized spacial score (nSPS) is 27.3. The number of likely N-dealkylation sites (tertiary alicyclic amines) is 1. The van der Waals surface area contributed by atoms with Gasteiger partial charge in [0.1, 0.15) is 5.54 Å². The first kappa shape index (κ1) is 11.9. The molecule has 0 bridgehead atoms. The average molecular weight is 221 g/mol. The van der Waals surface area contributed by atoms with Gasteiger partial charge in [0.2, 0.25) is 0 Å². The summed E-state index contributed by atoms with van der Waals surface area (Å²) in [5.74, 6) is 1.35. The second-order valence-corrected chi connectivity index (χ2v) is 5.55. The van der Waals surface area contributed by atoms with Crippen LogP contribution in [0.4, 0.5) is 0 Å². The monoisotopic (exact) mass is 221 g/mol. The Morgan fingerprint density at radius 3 is 2.38 bits per heavy atom. The van der Waals surface area contributed by atoms with Crippen LogP contribution in [0.1, 0.15) is 39.0 Å². The molecule has 3 heteroatoms. The summed E-state index contributed by atoms with van der Waals surface area (Å²) >= 11 is 0. The Labute approximate surface area is 98.6 Å². The lowest BCUT2D eigenvalue weighted by atomic mass is 9.91. The molecule has 0 amide bonds. The predicted octanol–water partition coefficient (Wildman–Crippen LogP) is 1.74. The Hall–Kier alpha value is -0.590. The van der Waals surface area contributed by atoms with Gasteiger partial charge < -0.3 is 10.6 Å². The van der Waals surface area contributed by atoms with E-state index in [9.17, 15) is 5.26 Å². The third-order valence-corrected chi connectivity index (χ3v) is 4.28. The van der Waals surface area contributed by atoms with Gasteiger partial charge in [-0.15, -0.1) is 0 Å². The Morgan fingerprint density at radius 1 is 1.31 bits per heavy atom. The van der Waals surface area contributed by atoms with Crippen LogP contribution < -0.4 is 5.73 Å². The highest BCUT2D eigenvalue weighted by atomic mass is 15.2. The lowest BCUT2D eigenvalue weighted by Gasteiger charge is -2.35. The van der Waals surface area contributed by atoms with Crippen LogP contribution >= 0.6 is 0 Å². The molecule has 1 saturated heterocycles. The standard InChI is InChI=1S/C13H23N3/c1-2-11-5-7-16(8-6-11)10-13(15,9-14)12-3-4-12/h11-12H,2-8,10,15H2,1H3. The molecule has 1 heterocycles. The summed E-state index contributed by atoms with van der Waals surface area (Å²) in [6.07, 6.45) is 6.15. The van der Waals surface area contributed by atoms with Gasteiger partial charge in [0.25, 0.3) is 0 Å². The summed E-state index contributed by atoms with van der Waals surface area (Å²) in [5, 5.41) is 9.22. The minimum atomic E-state index is -0.570. The minimum absolute atomic E-state index is 0.460. The van der Waals surface area contributed by atoms with Crippen molar-refractivity contribution in [1.82, 2.24) is 4.90 Å². The molecule has 0 spiro atoms. The van der Waals surface area contributed by atoms with Gasteiger partial charge in [-0.25, -0.2) is 0 Å². The maximum Gasteiger partial charge on any atom is 0.119 e. The van der Waals surface area contributed by atoms with E-state index < -0.39 is 5.54 Å². The minimum Gasteiger partial charge on any atom is -0.312 e. The van der Waals surface area contributed by atoms with Crippen LogP contribution in [-0.2, 0) is 0 Å². The summed E-state index contributed by atoms with van der Waals surface area (Å²) in [4.78, 5) is 2.40. The van der Waals surface area contributed by atoms with Crippen LogP contribution in [-0.4, -0.2) is 30.1 Å². The van der Waals surface area contributed by atoms with E-state index >= 15 is 0 Å². The van der Waals surface area contributed by atoms with Crippen LogP contribution in [0.15, 0.2) is 0 Å². The number of nitrogens with zero attached hydrogens (tertiary/aromatic N) is 2. The molecule has 16 heavy (non-hydrogen) atoms. The molecule has 1 atom stereocenters. The molecule has 2 rings (SSSR count). The van der Waals surface area contributed by atoms with Gasteiger partial charge in [-0.3, -0.25) is 0 Å². The summed E-state index contributed by atoms with van der Waals surface area (Å²) < 4.78 is 0. The number of piperidine rings is 1. The van der Waals surface area contributed by atoms with Crippen molar-refractivity contribution in [3.63, 3.8) is 0 Å². The van der Waals surface area contributed by atoms with Crippen molar-refractivity contribution in [3.8, 4) is 6.07 Å². The smallest absolute Gasteiger partial charge is 0.119 e. The van der Waals surface area contributed by atoms with E-state index in [4.69, 9.17) is 5.73 Å². The van der Waals surface area contributed by atoms with Gasteiger partial charge in [0.05, 0.1) is 6.07 Å². The highest BCUT2D eigenvalue weighted by Crippen LogP contribution is 2.38. The van der Waals surface area contributed by atoms with Gasteiger partial charge in [-0.05, 0) is 50.6 Å². The lowest BCUT2D eigenvalue weighted by molar-refractivity contribution is 0.154. The zero-order valence-electron chi connectivity index (χ0n) is 10.3. The molecular weight excluding hydrogens is 198 g/mol. The van der Waals surface area contributed by atoms with Crippen molar-refractivity contribution < 1.29 is 0 Å². The van der Waals surface area contributed by atoms with Gasteiger partial charge in [-0.2, -0.15) is 5.26 Å². The Bertz CT molecular complexity index is 271. The zero-order chi connectivity index (χ0) is 11.6. The van der Waals surface area contributed by atoms with Crippen molar-refractivity contribution in [2.75, 3.05) is 19.6 Å². The SMILES string of the molecule is CCC1CCN(CC(N)(C#N)C2CC2)CC1. The van der Waals surface area contributed by atoms with E-state index in [0.29, 0.717) is 5.92 Å².